The summed E-state index contributed by atoms with van der Waals surface area (Å²) in [5.41, 5.74) is 15.6. The number of nitrogens with zero attached hydrogens (tertiary/aromatic N) is 5. The summed E-state index contributed by atoms with van der Waals surface area (Å²) in [6.07, 6.45) is 5.45. The van der Waals surface area contributed by atoms with Gasteiger partial charge >= 0.3 is 0 Å². The van der Waals surface area contributed by atoms with Crippen molar-refractivity contribution < 1.29 is 4.79 Å². The van der Waals surface area contributed by atoms with E-state index in [2.05, 4.69) is 43.0 Å². The molecule has 0 spiro atoms. The maximum Gasteiger partial charge on any atom is 0.273 e. The lowest BCUT2D eigenvalue weighted by atomic mass is 9.97. The lowest BCUT2D eigenvalue weighted by Crippen LogP contribution is -2.58. The maximum atomic E-state index is 12.5. The Morgan fingerprint density at radius 3 is 2.55 bits per heavy atom. The zero-order chi connectivity index (χ0) is 26.8. The predicted molar refractivity (Wildman–Crippen MR) is 152 cm³/mol. The fourth-order valence-corrected chi connectivity index (χ4v) is 6.16. The molecule has 0 unspecified atom stereocenters. The first-order valence-corrected chi connectivity index (χ1v) is 14.4. The van der Waals surface area contributed by atoms with Gasteiger partial charge in [0.2, 0.25) is 0 Å². The monoisotopic (exact) mass is 540 g/mol. The summed E-state index contributed by atoms with van der Waals surface area (Å²) in [7, 11) is 0. The highest BCUT2D eigenvalue weighted by Gasteiger charge is 2.34. The van der Waals surface area contributed by atoms with Crippen LogP contribution in [0.1, 0.15) is 66.3 Å². The van der Waals surface area contributed by atoms with E-state index in [0.717, 1.165) is 80.6 Å². The molecule has 1 aromatic heterocycles. The number of aromatic nitrogens is 2. The van der Waals surface area contributed by atoms with Gasteiger partial charge in [0.05, 0.1) is 5.69 Å². The lowest BCUT2D eigenvalue weighted by Gasteiger charge is -2.48. The van der Waals surface area contributed by atoms with Gasteiger partial charge in [-0.05, 0) is 75.4 Å². The number of carbonyl (C=O) groups is 1. The molecule has 1 saturated carbocycles. The van der Waals surface area contributed by atoms with Crippen molar-refractivity contribution in [2.45, 2.75) is 77.2 Å². The number of anilines is 2. The van der Waals surface area contributed by atoms with Gasteiger partial charge in [0, 0.05) is 55.9 Å². The molecule has 0 radical (unpaired) electrons. The molecule has 206 valence electrons. The number of nitrogens with one attached hydrogen (secondary N) is 1. The van der Waals surface area contributed by atoms with Gasteiger partial charge < -0.3 is 21.7 Å². The first kappa shape index (κ1) is 27.1. The smallest absolute Gasteiger partial charge is 0.273 e. The average molecular weight is 541 g/mol. The van der Waals surface area contributed by atoms with E-state index in [1.54, 1.807) is 0 Å². The Labute approximate surface area is 230 Å². The highest BCUT2D eigenvalue weighted by Crippen LogP contribution is 2.29. The summed E-state index contributed by atoms with van der Waals surface area (Å²) in [5, 5.41) is 3.71. The molecule has 2 aromatic rings. The molecule has 3 fully saturated rings. The number of hydrogen-bond acceptors (Lipinski definition) is 8. The van der Waals surface area contributed by atoms with Crippen LogP contribution in [-0.2, 0) is 13.1 Å². The molecule has 1 aliphatic carbocycles. The number of rotatable bonds is 8. The third-order valence-corrected chi connectivity index (χ3v) is 8.54. The number of amides is 1. The van der Waals surface area contributed by atoms with Crippen LogP contribution in [0.4, 0.5) is 11.6 Å². The molecule has 1 amide bonds. The second kappa shape index (κ2) is 11.7. The maximum absolute atomic E-state index is 12.5. The molecule has 5 N–H and O–H groups in total. The van der Waals surface area contributed by atoms with Gasteiger partial charge in [-0.25, -0.2) is 9.97 Å². The van der Waals surface area contributed by atoms with E-state index in [1.807, 2.05) is 19.1 Å². The SMILES string of the molecule is CC[C@H]1CN(c2nc(N)c(C(=O)NC3CC3)nc2C)CCN1C1CCN(Cc2ccc(Cl)cc2CN)CC1. The summed E-state index contributed by atoms with van der Waals surface area (Å²) in [6, 6.07) is 7.36. The minimum absolute atomic E-state index is 0.213. The number of piperazine rings is 1. The highest BCUT2D eigenvalue weighted by atomic mass is 35.5. The molecule has 0 bridgehead atoms. The standard InChI is InChI=1S/C28H41ClN8O/c1-3-23-17-36(27-18(2)32-25(26(31)34-27)28(38)33-22-6-7-22)12-13-37(23)24-8-10-35(11-9-24)16-19-4-5-21(29)14-20(19)15-30/h4-5,14,22-24H,3,6-13,15-17,30H2,1-2H3,(H2,31,34)(H,33,38)/t23-/m0/s1. The number of nitrogens with two attached hydrogens (primary N) is 2. The number of likely N-dealkylation sites (tertiary alicyclic amines) is 1. The quantitative estimate of drug-likeness (QED) is 0.468. The number of piperidine rings is 1. The van der Waals surface area contributed by atoms with Crippen LogP contribution in [0.15, 0.2) is 18.2 Å². The second-order valence-electron chi connectivity index (χ2n) is 11.0. The Hall–Kier alpha value is -2.46. The second-order valence-corrected chi connectivity index (χ2v) is 11.4. The fraction of sp³-hybridized carbons (Fsp3) is 0.607. The van der Waals surface area contributed by atoms with Crippen LogP contribution >= 0.6 is 11.6 Å². The summed E-state index contributed by atoms with van der Waals surface area (Å²) in [6.45, 7) is 10.6. The third kappa shape index (κ3) is 6.06. The van der Waals surface area contributed by atoms with Crippen LogP contribution in [-0.4, -0.2) is 76.5 Å². The van der Waals surface area contributed by atoms with E-state index < -0.39 is 0 Å². The summed E-state index contributed by atoms with van der Waals surface area (Å²) < 4.78 is 0. The lowest BCUT2D eigenvalue weighted by molar-refractivity contribution is 0.0609. The van der Waals surface area contributed by atoms with Gasteiger partial charge in [-0.2, -0.15) is 0 Å². The van der Waals surface area contributed by atoms with E-state index in [4.69, 9.17) is 23.1 Å². The third-order valence-electron chi connectivity index (χ3n) is 8.31. The van der Waals surface area contributed by atoms with E-state index in [0.29, 0.717) is 18.6 Å². The number of aryl methyl sites for hydroxylation is 1. The summed E-state index contributed by atoms with van der Waals surface area (Å²) >= 11 is 6.17. The molecule has 9 nitrogen and oxygen atoms in total. The van der Waals surface area contributed by atoms with E-state index in [-0.39, 0.29) is 23.5 Å². The zero-order valence-electron chi connectivity index (χ0n) is 22.6. The number of carbonyl (C=O) groups excluding carboxylic acids is 1. The van der Waals surface area contributed by atoms with Crippen molar-refractivity contribution >= 4 is 29.1 Å². The molecule has 1 atom stereocenters. The number of benzene rings is 1. The Morgan fingerprint density at radius 2 is 1.87 bits per heavy atom. The number of hydrogen-bond donors (Lipinski definition) is 3. The van der Waals surface area contributed by atoms with Crippen molar-refractivity contribution in [1.29, 1.82) is 0 Å². The summed E-state index contributed by atoms with van der Waals surface area (Å²) in [5.74, 6) is 0.798. The van der Waals surface area contributed by atoms with Crippen molar-refractivity contribution in [3.05, 3.63) is 45.7 Å². The topological polar surface area (TPSA) is 117 Å². The van der Waals surface area contributed by atoms with Crippen LogP contribution in [0.25, 0.3) is 0 Å². The first-order chi connectivity index (χ1) is 18.4. The minimum Gasteiger partial charge on any atom is -0.382 e. The minimum atomic E-state index is -0.218. The van der Waals surface area contributed by atoms with Crippen LogP contribution < -0.4 is 21.7 Å². The van der Waals surface area contributed by atoms with E-state index >= 15 is 0 Å². The summed E-state index contributed by atoms with van der Waals surface area (Å²) in [4.78, 5) is 29.3. The Bertz CT molecular complexity index is 1150. The van der Waals surface area contributed by atoms with Crippen LogP contribution in [0.2, 0.25) is 5.02 Å². The molecule has 10 heteroatoms. The first-order valence-electron chi connectivity index (χ1n) is 14.0. The molecule has 2 saturated heterocycles. The molecule has 38 heavy (non-hydrogen) atoms. The van der Waals surface area contributed by atoms with Crippen LogP contribution in [0, 0.1) is 6.92 Å². The predicted octanol–water partition coefficient (Wildman–Crippen LogP) is 2.94. The van der Waals surface area contributed by atoms with Crippen molar-refractivity contribution in [3.63, 3.8) is 0 Å². The van der Waals surface area contributed by atoms with Gasteiger partial charge in [-0.3, -0.25) is 14.6 Å². The molecule has 3 aliphatic rings. The van der Waals surface area contributed by atoms with Gasteiger partial charge in [-0.15, -0.1) is 0 Å². The normalized spacial score (nSPS) is 21.6. The number of nitrogen functional groups attached to an aromatic ring is 1. The van der Waals surface area contributed by atoms with Crippen molar-refractivity contribution in [2.75, 3.05) is 43.4 Å². The van der Waals surface area contributed by atoms with Gasteiger partial charge in [-0.1, -0.05) is 24.6 Å². The Kier molecular flexibility index (Phi) is 8.38. The number of halogens is 1. The van der Waals surface area contributed by atoms with Crippen LogP contribution in [0.3, 0.4) is 0 Å². The highest BCUT2D eigenvalue weighted by molar-refractivity contribution is 6.30. The van der Waals surface area contributed by atoms with Crippen molar-refractivity contribution in [3.8, 4) is 0 Å². The average Bonchev–Trinajstić information content (AvgIpc) is 3.74. The Morgan fingerprint density at radius 1 is 1.11 bits per heavy atom. The molecule has 3 heterocycles. The largest absolute Gasteiger partial charge is 0.382 e. The van der Waals surface area contributed by atoms with Crippen molar-refractivity contribution in [1.82, 2.24) is 25.1 Å². The van der Waals surface area contributed by atoms with Crippen LogP contribution in [0.5, 0.6) is 0 Å². The molecule has 1 aromatic carbocycles. The fourth-order valence-electron chi connectivity index (χ4n) is 5.97. The van der Waals surface area contributed by atoms with E-state index in [1.165, 1.54) is 18.4 Å². The van der Waals surface area contributed by atoms with E-state index in [9.17, 15) is 4.79 Å². The molecule has 2 aliphatic heterocycles. The molecule has 5 rings (SSSR count). The van der Waals surface area contributed by atoms with Gasteiger partial charge in [0.25, 0.3) is 5.91 Å². The Balaban J connectivity index is 1.19. The van der Waals surface area contributed by atoms with Crippen molar-refractivity contribution in [2.24, 2.45) is 5.73 Å². The molecular weight excluding hydrogens is 500 g/mol. The molecular formula is C28H41ClN8O. The van der Waals surface area contributed by atoms with Gasteiger partial charge in [0.1, 0.15) is 0 Å². The van der Waals surface area contributed by atoms with Gasteiger partial charge in [0.15, 0.2) is 17.3 Å². The zero-order valence-corrected chi connectivity index (χ0v) is 23.4.